The highest BCUT2D eigenvalue weighted by Gasteiger charge is 2.24. The fraction of sp³-hybridized carbons (Fsp3) is 0.385. The number of alkyl halides is 1. The first-order valence-corrected chi connectivity index (χ1v) is 6.52. The number of ketones is 1. The molecule has 0 spiro atoms. The van der Waals surface area contributed by atoms with Crippen LogP contribution in [0.4, 0.5) is 0 Å². The van der Waals surface area contributed by atoms with Crippen molar-refractivity contribution in [2.75, 3.05) is 0 Å². The van der Waals surface area contributed by atoms with Crippen LogP contribution in [0.15, 0.2) is 18.2 Å². The lowest BCUT2D eigenvalue weighted by Crippen LogP contribution is -2.18. The fourth-order valence-electron chi connectivity index (χ4n) is 1.63. The molecule has 0 aliphatic rings. The van der Waals surface area contributed by atoms with Gasteiger partial charge in [0, 0.05) is 11.1 Å². The van der Waals surface area contributed by atoms with Gasteiger partial charge in [0.1, 0.15) is 0 Å². The number of aliphatic hydroxyl groups is 1. The van der Waals surface area contributed by atoms with Crippen LogP contribution in [-0.2, 0) is 11.2 Å². The molecule has 0 aliphatic carbocycles. The Morgan fingerprint density at radius 1 is 1.39 bits per heavy atom. The number of benzene rings is 1. The number of carboxylic acid groups (broad SMARTS) is 1. The maximum atomic E-state index is 11.9. The summed E-state index contributed by atoms with van der Waals surface area (Å²) in [4.78, 5) is 22.4. The molecule has 0 saturated carbocycles. The van der Waals surface area contributed by atoms with E-state index >= 15 is 0 Å². The van der Waals surface area contributed by atoms with Crippen LogP contribution in [0.1, 0.15) is 41.4 Å². The van der Waals surface area contributed by atoms with Crippen molar-refractivity contribution in [1.82, 2.24) is 0 Å². The molecule has 0 aliphatic heterocycles. The number of halogens is 1. The van der Waals surface area contributed by atoms with Gasteiger partial charge < -0.3 is 10.2 Å². The molecular formula is C13H15BrO4. The van der Waals surface area contributed by atoms with E-state index in [0.29, 0.717) is 6.42 Å². The molecule has 5 heteroatoms. The molecule has 0 aromatic heterocycles. The van der Waals surface area contributed by atoms with Crippen molar-refractivity contribution < 1.29 is 19.8 Å². The summed E-state index contributed by atoms with van der Waals surface area (Å²) in [7, 11) is 0. The first-order valence-electron chi connectivity index (χ1n) is 5.60. The summed E-state index contributed by atoms with van der Waals surface area (Å²) in [5.74, 6) is -1.60. The molecule has 4 nitrogen and oxygen atoms in total. The number of aliphatic hydroxyl groups excluding tert-OH is 1. The molecule has 2 atom stereocenters. The molecule has 18 heavy (non-hydrogen) atoms. The number of rotatable bonds is 5. The average molecular weight is 315 g/mol. The maximum absolute atomic E-state index is 11.9. The molecule has 0 heterocycles. The van der Waals surface area contributed by atoms with Crippen LogP contribution in [0, 0.1) is 0 Å². The van der Waals surface area contributed by atoms with E-state index in [2.05, 4.69) is 15.9 Å². The zero-order valence-electron chi connectivity index (χ0n) is 10.2. The highest BCUT2D eigenvalue weighted by Crippen LogP contribution is 2.23. The van der Waals surface area contributed by atoms with Gasteiger partial charge in [0.25, 0.3) is 0 Å². The van der Waals surface area contributed by atoms with E-state index in [4.69, 9.17) is 5.11 Å². The fourth-order valence-corrected chi connectivity index (χ4v) is 1.88. The quantitative estimate of drug-likeness (QED) is 0.646. The van der Waals surface area contributed by atoms with Crippen molar-refractivity contribution in [3.05, 3.63) is 34.9 Å². The number of aryl methyl sites for hydroxylation is 1. The molecule has 1 rings (SSSR count). The van der Waals surface area contributed by atoms with E-state index in [9.17, 15) is 14.7 Å². The van der Waals surface area contributed by atoms with Crippen LogP contribution in [0.2, 0.25) is 0 Å². The zero-order chi connectivity index (χ0) is 13.9. The molecular weight excluding hydrogens is 300 g/mol. The van der Waals surface area contributed by atoms with Crippen LogP contribution in [0.5, 0.6) is 0 Å². The third-order valence-corrected chi connectivity index (χ3v) is 3.10. The third kappa shape index (κ3) is 3.17. The molecule has 0 saturated heterocycles. The Labute approximate surface area is 114 Å². The van der Waals surface area contributed by atoms with Crippen LogP contribution < -0.4 is 0 Å². The highest BCUT2D eigenvalue weighted by atomic mass is 79.9. The van der Waals surface area contributed by atoms with Crippen molar-refractivity contribution in [3.8, 4) is 0 Å². The van der Waals surface area contributed by atoms with Gasteiger partial charge in [-0.1, -0.05) is 41.1 Å². The van der Waals surface area contributed by atoms with Gasteiger partial charge in [-0.3, -0.25) is 4.79 Å². The molecule has 0 bridgehead atoms. The molecule has 2 N–H and O–H groups in total. The Kier molecular flexibility index (Phi) is 5.04. The summed E-state index contributed by atoms with van der Waals surface area (Å²) >= 11 is 3.15. The van der Waals surface area contributed by atoms with Gasteiger partial charge in [0.2, 0.25) is 0 Å². The Balaban J connectivity index is 3.33. The van der Waals surface area contributed by atoms with Gasteiger partial charge in [-0.15, -0.1) is 0 Å². The number of hydrogen-bond donors (Lipinski definition) is 2. The zero-order valence-corrected chi connectivity index (χ0v) is 11.8. The molecule has 0 fully saturated rings. The van der Waals surface area contributed by atoms with Crippen LogP contribution >= 0.6 is 15.9 Å². The number of hydrogen-bond acceptors (Lipinski definition) is 3. The molecule has 0 amide bonds. The number of Topliss-reactive ketones (excluding diaryl/α,β-unsaturated/α-hetero) is 1. The first-order chi connectivity index (χ1) is 8.38. The second-order valence-corrected chi connectivity index (χ2v) is 5.37. The number of carbonyl (C=O) groups is 2. The normalized spacial score (nSPS) is 14.0. The highest BCUT2D eigenvalue weighted by molar-refractivity contribution is 9.10. The molecule has 1 aromatic rings. The molecule has 2 unspecified atom stereocenters. The molecule has 98 valence electrons. The predicted octanol–water partition coefficient (Wildman–Crippen LogP) is 2.33. The lowest BCUT2D eigenvalue weighted by molar-refractivity contribution is -0.146. The monoisotopic (exact) mass is 314 g/mol. The van der Waals surface area contributed by atoms with E-state index in [0.717, 1.165) is 5.56 Å². The summed E-state index contributed by atoms with van der Waals surface area (Å²) in [6, 6.07) is 4.91. The predicted molar refractivity (Wildman–Crippen MR) is 71.1 cm³/mol. The Morgan fingerprint density at radius 3 is 2.44 bits per heavy atom. The van der Waals surface area contributed by atoms with Gasteiger partial charge in [-0.2, -0.15) is 0 Å². The summed E-state index contributed by atoms with van der Waals surface area (Å²) in [6.45, 7) is 3.58. The third-order valence-electron chi connectivity index (χ3n) is 2.68. The summed E-state index contributed by atoms with van der Waals surface area (Å²) in [5, 5.41) is 18.5. The van der Waals surface area contributed by atoms with Gasteiger partial charge in [-0.25, -0.2) is 4.79 Å². The lowest BCUT2D eigenvalue weighted by atomic mass is 9.95. The van der Waals surface area contributed by atoms with Crippen molar-refractivity contribution in [2.24, 2.45) is 0 Å². The SMILES string of the molecule is CCc1ccc(C(=O)C(C)Br)c(C(O)C(=O)O)c1. The van der Waals surface area contributed by atoms with E-state index in [1.807, 2.05) is 6.92 Å². The number of carboxylic acids is 1. The topological polar surface area (TPSA) is 74.6 Å². The molecule has 0 radical (unpaired) electrons. The van der Waals surface area contributed by atoms with Gasteiger partial charge in [0.05, 0.1) is 4.83 Å². The summed E-state index contributed by atoms with van der Waals surface area (Å²) < 4.78 is 0. The van der Waals surface area contributed by atoms with Crippen molar-refractivity contribution in [2.45, 2.75) is 31.2 Å². The maximum Gasteiger partial charge on any atom is 0.337 e. The van der Waals surface area contributed by atoms with E-state index < -0.39 is 16.9 Å². The van der Waals surface area contributed by atoms with E-state index in [1.54, 1.807) is 25.1 Å². The Morgan fingerprint density at radius 2 is 2.00 bits per heavy atom. The van der Waals surface area contributed by atoms with Gasteiger partial charge in [-0.05, 0) is 18.9 Å². The average Bonchev–Trinajstić information content (AvgIpc) is 2.35. The van der Waals surface area contributed by atoms with Gasteiger partial charge in [0.15, 0.2) is 11.9 Å². The minimum absolute atomic E-state index is 0.151. The summed E-state index contributed by atoms with van der Waals surface area (Å²) in [6.07, 6.45) is -0.973. The van der Waals surface area contributed by atoms with Crippen molar-refractivity contribution >= 4 is 27.7 Å². The van der Waals surface area contributed by atoms with E-state index in [1.165, 1.54) is 0 Å². The Bertz CT molecular complexity index is 468. The van der Waals surface area contributed by atoms with Crippen LogP contribution in [0.25, 0.3) is 0 Å². The number of carbonyl (C=O) groups excluding carboxylic acids is 1. The second kappa shape index (κ2) is 6.11. The van der Waals surface area contributed by atoms with Crippen LogP contribution in [-0.4, -0.2) is 26.8 Å². The van der Waals surface area contributed by atoms with Crippen molar-refractivity contribution in [1.29, 1.82) is 0 Å². The second-order valence-electron chi connectivity index (χ2n) is 4.00. The number of aliphatic carboxylic acids is 1. The lowest BCUT2D eigenvalue weighted by Gasteiger charge is -2.14. The van der Waals surface area contributed by atoms with Crippen LogP contribution in [0.3, 0.4) is 0 Å². The Hall–Kier alpha value is -1.20. The van der Waals surface area contributed by atoms with E-state index in [-0.39, 0.29) is 16.9 Å². The smallest absolute Gasteiger partial charge is 0.337 e. The minimum Gasteiger partial charge on any atom is -0.479 e. The standard InChI is InChI=1S/C13H15BrO4/c1-3-8-4-5-9(11(15)7(2)14)10(6-8)12(16)13(17)18/h4-7,12,16H,3H2,1-2H3,(H,17,18). The first kappa shape index (κ1) is 14.9. The van der Waals surface area contributed by atoms with Gasteiger partial charge >= 0.3 is 5.97 Å². The minimum atomic E-state index is -1.68. The molecule has 1 aromatic carbocycles. The van der Waals surface area contributed by atoms with Crippen molar-refractivity contribution in [3.63, 3.8) is 0 Å². The summed E-state index contributed by atoms with van der Waals surface area (Å²) in [5.41, 5.74) is 1.27. The largest absolute Gasteiger partial charge is 0.479 e.